The Hall–Kier alpha value is -3.33. The molecule has 25 heavy (non-hydrogen) atoms. The quantitative estimate of drug-likeness (QED) is 0.563. The van der Waals surface area contributed by atoms with E-state index < -0.39 is 15.9 Å². The van der Waals surface area contributed by atoms with Crippen molar-refractivity contribution in [2.45, 2.75) is 4.90 Å². The zero-order chi connectivity index (χ0) is 17.7. The number of carbonyl (C=O) groups is 1. The molecule has 1 heterocycles. The van der Waals surface area contributed by atoms with Crippen molar-refractivity contribution in [2.24, 2.45) is 4.40 Å². The van der Waals surface area contributed by atoms with Gasteiger partial charge in [-0.15, -0.1) is 4.40 Å². The minimum absolute atomic E-state index is 0.00146. The molecule has 0 spiro atoms. The lowest BCUT2D eigenvalue weighted by Gasteiger charge is -2.08. The van der Waals surface area contributed by atoms with Crippen LogP contribution >= 0.6 is 0 Å². The van der Waals surface area contributed by atoms with Gasteiger partial charge in [-0.2, -0.15) is 18.2 Å². The fraction of sp³-hybridized carbons (Fsp3) is 0. The maximum Gasteiger partial charge on any atom is 0.285 e. The Balaban J connectivity index is 1.98. The fourth-order valence-corrected chi connectivity index (χ4v) is 2.93. The van der Waals surface area contributed by atoms with Crippen molar-refractivity contribution in [3.63, 3.8) is 0 Å². The highest BCUT2D eigenvalue weighted by Gasteiger charge is 2.18. The molecule has 0 radical (unpaired) electrons. The lowest BCUT2D eigenvalue weighted by atomic mass is 10.2. The second-order valence-corrected chi connectivity index (χ2v) is 6.47. The molecule has 0 saturated carbocycles. The maximum atomic E-state index is 12.5. The van der Waals surface area contributed by atoms with Crippen molar-refractivity contribution < 1.29 is 13.2 Å². The predicted molar refractivity (Wildman–Crippen MR) is 90.4 cm³/mol. The molecule has 8 nitrogen and oxygen atoms in total. The maximum absolute atomic E-state index is 12.5. The van der Waals surface area contributed by atoms with E-state index in [0.29, 0.717) is 5.56 Å². The van der Waals surface area contributed by atoms with Crippen molar-refractivity contribution in [1.82, 2.24) is 20.1 Å². The van der Waals surface area contributed by atoms with Crippen LogP contribution in [0.25, 0.3) is 0 Å². The number of amides is 1. The molecule has 126 valence electrons. The molecular formula is C16H13N5O3S. The lowest BCUT2D eigenvalue weighted by Crippen LogP contribution is -2.36. The second-order valence-electron chi connectivity index (χ2n) is 4.86. The minimum atomic E-state index is -4.03. The van der Waals surface area contributed by atoms with E-state index in [1.165, 1.54) is 24.8 Å². The van der Waals surface area contributed by atoms with E-state index in [1.54, 1.807) is 48.5 Å². The van der Waals surface area contributed by atoms with Crippen LogP contribution in [0.5, 0.6) is 0 Å². The first-order valence-electron chi connectivity index (χ1n) is 7.18. The standard InChI is InChI=1S/C16H13N5O3S/c22-15(13-7-3-1-4-8-13)19-16(21-12-17-11-18-21)20-25(23,24)14-9-5-2-6-10-14/h1-12H,(H,19,20,22). The van der Waals surface area contributed by atoms with Gasteiger partial charge in [-0.25, -0.2) is 4.98 Å². The Morgan fingerprint density at radius 2 is 1.64 bits per heavy atom. The molecule has 0 bridgehead atoms. The summed E-state index contributed by atoms with van der Waals surface area (Å²) in [7, 11) is -4.03. The van der Waals surface area contributed by atoms with Gasteiger partial charge in [-0.1, -0.05) is 36.4 Å². The molecule has 0 aliphatic carbocycles. The van der Waals surface area contributed by atoms with Gasteiger partial charge in [0.2, 0.25) is 5.96 Å². The average molecular weight is 355 g/mol. The molecule has 1 aromatic heterocycles. The topological polar surface area (TPSA) is 106 Å². The molecule has 0 aliphatic heterocycles. The number of carbonyl (C=O) groups excluding carboxylic acids is 1. The highest BCUT2D eigenvalue weighted by atomic mass is 32.2. The summed E-state index contributed by atoms with van der Waals surface area (Å²) in [6.45, 7) is 0. The molecule has 0 unspecified atom stereocenters. The molecule has 1 amide bonds. The van der Waals surface area contributed by atoms with E-state index in [-0.39, 0.29) is 10.9 Å². The van der Waals surface area contributed by atoms with Gasteiger partial charge < -0.3 is 0 Å². The van der Waals surface area contributed by atoms with Gasteiger partial charge in [-0.3, -0.25) is 10.1 Å². The Morgan fingerprint density at radius 1 is 1.00 bits per heavy atom. The summed E-state index contributed by atoms with van der Waals surface area (Å²) in [5, 5.41) is 6.29. The zero-order valence-electron chi connectivity index (χ0n) is 12.9. The van der Waals surface area contributed by atoms with Gasteiger partial charge in [-0.05, 0) is 24.3 Å². The summed E-state index contributed by atoms with van der Waals surface area (Å²) >= 11 is 0. The van der Waals surface area contributed by atoms with Crippen molar-refractivity contribution in [1.29, 1.82) is 0 Å². The summed E-state index contributed by atoms with van der Waals surface area (Å²) in [6.07, 6.45) is 2.45. The largest absolute Gasteiger partial charge is 0.290 e. The van der Waals surface area contributed by atoms with E-state index >= 15 is 0 Å². The van der Waals surface area contributed by atoms with Crippen LogP contribution in [0.1, 0.15) is 10.4 Å². The first kappa shape index (κ1) is 16.5. The van der Waals surface area contributed by atoms with E-state index in [9.17, 15) is 13.2 Å². The number of hydrogen-bond acceptors (Lipinski definition) is 5. The first-order chi connectivity index (χ1) is 12.1. The second kappa shape index (κ2) is 7.05. The molecule has 2 aromatic carbocycles. The Labute approximate surface area is 143 Å². The Kier molecular flexibility index (Phi) is 4.66. The number of hydrogen-bond donors (Lipinski definition) is 1. The van der Waals surface area contributed by atoms with Crippen LogP contribution < -0.4 is 5.32 Å². The fourth-order valence-electron chi connectivity index (χ4n) is 1.96. The van der Waals surface area contributed by atoms with E-state index in [2.05, 4.69) is 19.8 Å². The van der Waals surface area contributed by atoms with Crippen LogP contribution in [0, 0.1) is 0 Å². The Morgan fingerprint density at radius 3 is 2.24 bits per heavy atom. The van der Waals surface area contributed by atoms with E-state index in [4.69, 9.17) is 0 Å². The molecule has 0 fully saturated rings. The SMILES string of the molecule is O=C(N/C(=N/S(=O)(=O)c1ccccc1)n1cncn1)c1ccccc1. The van der Waals surface area contributed by atoms with Crippen LogP contribution in [0.3, 0.4) is 0 Å². The van der Waals surface area contributed by atoms with Gasteiger partial charge >= 0.3 is 0 Å². The number of nitrogens with zero attached hydrogens (tertiary/aromatic N) is 4. The average Bonchev–Trinajstić information content (AvgIpc) is 3.17. The van der Waals surface area contributed by atoms with Crippen LogP contribution in [0.2, 0.25) is 0 Å². The van der Waals surface area contributed by atoms with Crippen LogP contribution in [0.4, 0.5) is 0 Å². The number of aromatic nitrogens is 3. The van der Waals surface area contributed by atoms with Gasteiger partial charge in [0.15, 0.2) is 0 Å². The summed E-state index contributed by atoms with van der Waals surface area (Å²) in [5.41, 5.74) is 0.354. The smallest absolute Gasteiger partial charge is 0.285 e. The van der Waals surface area contributed by atoms with Gasteiger partial charge in [0.05, 0.1) is 4.90 Å². The monoisotopic (exact) mass is 355 g/mol. The Bertz CT molecular complexity index is 985. The highest BCUT2D eigenvalue weighted by Crippen LogP contribution is 2.11. The van der Waals surface area contributed by atoms with E-state index in [0.717, 1.165) is 4.68 Å². The number of benzene rings is 2. The van der Waals surface area contributed by atoms with Gasteiger partial charge in [0, 0.05) is 5.56 Å². The third-order valence-corrected chi connectivity index (χ3v) is 4.43. The third-order valence-electron chi connectivity index (χ3n) is 3.14. The number of rotatable bonds is 3. The molecule has 3 aromatic rings. The number of nitrogens with one attached hydrogen (secondary N) is 1. The van der Waals surface area contributed by atoms with Gasteiger partial charge in [0.25, 0.3) is 15.9 Å². The van der Waals surface area contributed by atoms with E-state index in [1.807, 2.05) is 0 Å². The van der Waals surface area contributed by atoms with Crippen molar-refractivity contribution in [2.75, 3.05) is 0 Å². The third kappa shape index (κ3) is 3.96. The zero-order valence-corrected chi connectivity index (χ0v) is 13.7. The first-order valence-corrected chi connectivity index (χ1v) is 8.62. The molecule has 1 N–H and O–H groups in total. The molecule has 0 saturated heterocycles. The molecule has 0 atom stereocenters. The normalized spacial score (nSPS) is 11.9. The molecule has 3 rings (SSSR count). The number of sulfonamides is 1. The minimum Gasteiger partial charge on any atom is -0.290 e. The lowest BCUT2D eigenvalue weighted by molar-refractivity contribution is 0.0976. The van der Waals surface area contributed by atoms with Crippen molar-refractivity contribution in [3.8, 4) is 0 Å². The summed E-state index contributed by atoms with van der Waals surface area (Å²) in [5.74, 6) is -0.784. The van der Waals surface area contributed by atoms with Crippen LogP contribution in [-0.2, 0) is 10.0 Å². The van der Waals surface area contributed by atoms with Crippen LogP contribution in [0.15, 0.2) is 82.6 Å². The van der Waals surface area contributed by atoms with Crippen molar-refractivity contribution >= 4 is 21.9 Å². The van der Waals surface area contributed by atoms with Crippen molar-refractivity contribution in [3.05, 3.63) is 78.9 Å². The molecule has 9 heteroatoms. The molecule has 0 aliphatic rings. The summed E-state index contributed by atoms with van der Waals surface area (Å²) < 4.78 is 29.7. The highest BCUT2D eigenvalue weighted by molar-refractivity contribution is 7.90. The van der Waals surface area contributed by atoms with Gasteiger partial charge in [0.1, 0.15) is 12.7 Å². The summed E-state index contributed by atoms with van der Waals surface area (Å²) in [6, 6.07) is 16.0. The summed E-state index contributed by atoms with van der Waals surface area (Å²) in [4.78, 5) is 16.1. The molecular weight excluding hydrogens is 342 g/mol. The van der Waals surface area contributed by atoms with Crippen LogP contribution in [-0.4, -0.2) is 35.0 Å². The predicted octanol–water partition coefficient (Wildman–Crippen LogP) is 1.30.